The summed E-state index contributed by atoms with van der Waals surface area (Å²) in [6.45, 7) is 3.88. The lowest BCUT2D eigenvalue weighted by molar-refractivity contribution is 0.0526. The Labute approximate surface area is 179 Å². The van der Waals surface area contributed by atoms with Crippen LogP contribution in [0.5, 0.6) is 0 Å². The quantitative estimate of drug-likeness (QED) is 0.475. The third kappa shape index (κ3) is 4.11. The minimum absolute atomic E-state index is 0.285. The summed E-state index contributed by atoms with van der Waals surface area (Å²) in [7, 11) is 0. The Hall–Kier alpha value is -4.13. The number of hydrogen-bond donors (Lipinski definition) is 1. The van der Waals surface area contributed by atoms with Crippen molar-refractivity contribution in [3.63, 3.8) is 0 Å². The molecule has 0 saturated heterocycles. The highest BCUT2D eigenvalue weighted by atomic mass is 16.5. The molecule has 0 aliphatic rings. The maximum Gasteiger partial charge on any atom is 0.338 e. The molecule has 0 atom stereocenters. The Bertz CT molecular complexity index is 1190. The fourth-order valence-electron chi connectivity index (χ4n) is 3.34. The topological polar surface area (TPSA) is 78.2 Å². The third-order valence-electron chi connectivity index (χ3n) is 4.77. The molecule has 7 heteroatoms. The van der Waals surface area contributed by atoms with Gasteiger partial charge in [-0.25, -0.2) is 9.48 Å². The van der Waals surface area contributed by atoms with Gasteiger partial charge in [0.1, 0.15) is 5.56 Å². The molecule has 7 nitrogen and oxygen atoms in total. The van der Waals surface area contributed by atoms with Gasteiger partial charge >= 0.3 is 5.97 Å². The molecule has 4 aromatic rings. The molecular weight excluding hydrogens is 392 g/mol. The SMILES string of the molecule is CCOC(=O)c1ccc(NC(=O)c2c(C)nn(-c3ccccc3)c2-n2cccc2)cc1. The smallest absolute Gasteiger partial charge is 0.338 e. The summed E-state index contributed by atoms with van der Waals surface area (Å²) in [5, 5.41) is 7.54. The number of benzene rings is 2. The van der Waals surface area contributed by atoms with E-state index in [1.165, 1.54) is 0 Å². The van der Waals surface area contributed by atoms with Crippen molar-refractivity contribution in [2.45, 2.75) is 13.8 Å². The number of anilines is 1. The second-order valence-electron chi connectivity index (χ2n) is 6.87. The van der Waals surface area contributed by atoms with E-state index in [1.807, 2.05) is 66.3 Å². The van der Waals surface area contributed by atoms with Gasteiger partial charge in [-0.1, -0.05) is 18.2 Å². The van der Waals surface area contributed by atoms with Gasteiger partial charge in [0.05, 0.1) is 23.6 Å². The molecule has 1 amide bonds. The number of esters is 1. The van der Waals surface area contributed by atoms with Crippen molar-refractivity contribution in [2.24, 2.45) is 0 Å². The lowest BCUT2D eigenvalue weighted by Gasteiger charge is -2.11. The molecule has 0 spiro atoms. The summed E-state index contributed by atoms with van der Waals surface area (Å²) in [5.41, 5.74) is 2.93. The van der Waals surface area contributed by atoms with E-state index >= 15 is 0 Å². The van der Waals surface area contributed by atoms with Crippen LogP contribution in [0.15, 0.2) is 79.1 Å². The zero-order chi connectivity index (χ0) is 21.8. The van der Waals surface area contributed by atoms with E-state index in [2.05, 4.69) is 10.4 Å². The van der Waals surface area contributed by atoms with Crippen LogP contribution in [0.1, 0.15) is 33.3 Å². The monoisotopic (exact) mass is 414 g/mol. The molecule has 0 aliphatic heterocycles. The minimum atomic E-state index is -0.393. The molecule has 31 heavy (non-hydrogen) atoms. The van der Waals surface area contributed by atoms with E-state index in [-0.39, 0.29) is 5.91 Å². The third-order valence-corrected chi connectivity index (χ3v) is 4.77. The van der Waals surface area contributed by atoms with Gasteiger partial charge in [-0.15, -0.1) is 0 Å². The molecule has 0 radical (unpaired) electrons. The Morgan fingerprint density at radius 2 is 1.65 bits per heavy atom. The van der Waals surface area contributed by atoms with Gasteiger partial charge in [0.25, 0.3) is 5.91 Å². The van der Waals surface area contributed by atoms with E-state index in [4.69, 9.17) is 4.74 Å². The van der Waals surface area contributed by atoms with Crippen LogP contribution in [-0.2, 0) is 4.74 Å². The lowest BCUT2D eigenvalue weighted by atomic mass is 10.2. The van der Waals surface area contributed by atoms with Crippen molar-refractivity contribution in [3.8, 4) is 11.5 Å². The Morgan fingerprint density at radius 1 is 0.968 bits per heavy atom. The molecule has 0 saturated carbocycles. The molecule has 2 aromatic carbocycles. The number of rotatable bonds is 6. The average molecular weight is 414 g/mol. The highest BCUT2D eigenvalue weighted by Crippen LogP contribution is 2.24. The first kappa shape index (κ1) is 20.2. The van der Waals surface area contributed by atoms with Gasteiger partial charge in [0, 0.05) is 18.1 Å². The van der Waals surface area contributed by atoms with Gasteiger partial charge in [0.15, 0.2) is 5.82 Å². The predicted molar refractivity (Wildman–Crippen MR) is 118 cm³/mol. The van der Waals surface area contributed by atoms with Crippen molar-refractivity contribution in [3.05, 3.63) is 95.9 Å². The van der Waals surface area contributed by atoms with Crippen LogP contribution in [0, 0.1) is 6.92 Å². The number of carbonyl (C=O) groups is 2. The highest BCUT2D eigenvalue weighted by molar-refractivity contribution is 6.07. The number of nitrogens with zero attached hydrogens (tertiary/aromatic N) is 3. The van der Waals surface area contributed by atoms with Crippen LogP contribution in [0.25, 0.3) is 11.5 Å². The van der Waals surface area contributed by atoms with Crippen molar-refractivity contribution >= 4 is 17.6 Å². The van der Waals surface area contributed by atoms with Gasteiger partial charge in [0.2, 0.25) is 0 Å². The molecule has 2 aromatic heterocycles. The number of carbonyl (C=O) groups excluding carboxylic acids is 2. The van der Waals surface area contributed by atoms with Crippen LogP contribution in [0.2, 0.25) is 0 Å². The molecule has 4 rings (SSSR count). The molecular formula is C24H22N4O3. The van der Waals surface area contributed by atoms with E-state index in [0.717, 1.165) is 5.69 Å². The largest absolute Gasteiger partial charge is 0.462 e. The van der Waals surface area contributed by atoms with Crippen molar-refractivity contribution in [2.75, 3.05) is 11.9 Å². The molecule has 1 N–H and O–H groups in total. The lowest BCUT2D eigenvalue weighted by Crippen LogP contribution is -2.16. The second kappa shape index (κ2) is 8.71. The van der Waals surface area contributed by atoms with Gasteiger partial charge < -0.3 is 14.6 Å². The zero-order valence-electron chi connectivity index (χ0n) is 17.3. The second-order valence-corrected chi connectivity index (χ2v) is 6.87. The maximum absolute atomic E-state index is 13.2. The van der Waals surface area contributed by atoms with Crippen LogP contribution >= 0.6 is 0 Å². The van der Waals surface area contributed by atoms with Crippen molar-refractivity contribution < 1.29 is 14.3 Å². The first-order valence-electron chi connectivity index (χ1n) is 9.95. The van der Waals surface area contributed by atoms with Crippen LogP contribution in [0.3, 0.4) is 0 Å². The summed E-state index contributed by atoms with van der Waals surface area (Å²) < 4.78 is 8.62. The number of ether oxygens (including phenoxy) is 1. The van der Waals surface area contributed by atoms with Crippen LogP contribution in [-0.4, -0.2) is 32.8 Å². The molecule has 2 heterocycles. The standard InChI is InChI=1S/C24H22N4O3/c1-3-31-24(30)18-11-13-19(14-12-18)25-22(29)21-17(2)26-28(20-9-5-4-6-10-20)23(21)27-15-7-8-16-27/h4-16H,3H2,1-2H3,(H,25,29). The number of nitrogens with one attached hydrogen (secondary N) is 1. The number of amides is 1. The summed E-state index contributed by atoms with van der Waals surface area (Å²) in [4.78, 5) is 25.1. The number of para-hydroxylation sites is 1. The summed E-state index contributed by atoms with van der Waals surface area (Å²) in [5.74, 6) is -0.0307. The molecule has 0 bridgehead atoms. The highest BCUT2D eigenvalue weighted by Gasteiger charge is 2.23. The Balaban J connectivity index is 1.69. The predicted octanol–water partition coefficient (Wildman–Crippen LogP) is 4.40. The fraction of sp³-hybridized carbons (Fsp3) is 0.125. The van der Waals surface area contributed by atoms with Gasteiger partial charge in [-0.3, -0.25) is 4.79 Å². The summed E-state index contributed by atoms with van der Waals surface area (Å²) >= 11 is 0. The van der Waals surface area contributed by atoms with E-state index < -0.39 is 5.97 Å². The van der Waals surface area contributed by atoms with Crippen LogP contribution in [0.4, 0.5) is 5.69 Å². The summed E-state index contributed by atoms with van der Waals surface area (Å²) in [6, 6.07) is 20.1. The van der Waals surface area contributed by atoms with Crippen molar-refractivity contribution in [1.82, 2.24) is 14.3 Å². The molecule has 0 unspecified atom stereocenters. The number of aryl methyl sites for hydroxylation is 1. The molecule has 0 fully saturated rings. The number of aromatic nitrogens is 3. The zero-order valence-corrected chi connectivity index (χ0v) is 17.3. The summed E-state index contributed by atoms with van der Waals surface area (Å²) in [6.07, 6.45) is 3.75. The molecule has 156 valence electrons. The average Bonchev–Trinajstić information content (AvgIpc) is 3.42. The normalized spacial score (nSPS) is 10.6. The number of hydrogen-bond acceptors (Lipinski definition) is 4. The van der Waals surface area contributed by atoms with E-state index in [0.29, 0.717) is 34.9 Å². The Morgan fingerprint density at radius 3 is 2.29 bits per heavy atom. The maximum atomic E-state index is 13.2. The van der Waals surface area contributed by atoms with Gasteiger partial charge in [-0.05, 0) is 62.4 Å². The minimum Gasteiger partial charge on any atom is -0.462 e. The molecule has 0 aliphatic carbocycles. The van der Waals surface area contributed by atoms with Gasteiger partial charge in [-0.2, -0.15) is 5.10 Å². The van der Waals surface area contributed by atoms with Crippen molar-refractivity contribution in [1.29, 1.82) is 0 Å². The Kier molecular flexibility index (Phi) is 5.66. The van der Waals surface area contributed by atoms with E-state index in [9.17, 15) is 9.59 Å². The first-order chi connectivity index (χ1) is 15.1. The fourth-order valence-corrected chi connectivity index (χ4v) is 3.34. The van der Waals surface area contributed by atoms with Crippen LogP contribution < -0.4 is 5.32 Å². The van der Waals surface area contributed by atoms with E-state index in [1.54, 1.807) is 35.9 Å². The first-order valence-corrected chi connectivity index (χ1v) is 9.95.